The number of ether oxygens (including phenoxy) is 1. The van der Waals surface area contributed by atoms with Gasteiger partial charge in [-0.15, -0.1) is 11.3 Å². The molecule has 0 atom stereocenters. The molecule has 3 nitrogen and oxygen atoms in total. The number of rotatable bonds is 3. The highest BCUT2D eigenvalue weighted by molar-refractivity contribution is 7.15. The average Bonchev–Trinajstić information content (AvgIpc) is 2.80. The summed E-state index contributed by atoms with van der Waals surface area (Å²) in [6.07, 6.45) is 1.48. The maximum Gasteiger partial charge on any atom is 0.165 e. The number of nitrogens with two attached hydrogens (primary N) is 1. The van der Waals surface area contributed by atoms with Crippen LogP contribution in [0.4, 0.5) is 8.78 Å². The van der Waals surface area contributed by atoms with Gasteiger partial charge in [-0.2, -0.15) is 0 Å². The Bertz CT molecular complexity index is 542. The van der Waals surface area contributed by atoms with E-state index in [2.05, 4.69) is 4.98 Å². The second-order valence-electron chi connectivity index (χ2n) is 3.29. The summed E-state index contributed by atoms with van der Waals surface area (Å²) in [7, 11) is 1.29. The van der Waals surface area contributed by atoms with Gasteiger partial charge in [0, 0.05) is 24.4 Å². The summed E-state index contributed by atoms with van der Waals surface area (Å²) in [5, 5.41) is 0.677. The first kappa shape index (κ1) is 11.9. The molecule has 0 aliphatic carbocycles. The molecule has 6 heteroatoms. The Labute approximate surface area is 101 Å². The quantitative estimate of drug-likeness (QED) is 0.918. The van der Waals surface area contributed by atoms with E-state index < -0.39 is 11.6 Å². The molecule has 0 fully saturated rings. The summed E-state index contributed by atoms with van der Waals surface area (Å²) in [4.78, 5) is 4.54. The van der Waals surface area contributed by atoms with Crippen molar-refractivity contribution >= 4 is 11.3 Å². The number of nitrogens with zero attached hydrogens (tertiary/aromatic N) is 1. The van der Waals surface area contributed by atoms with Gasteiger partial charge in [0.15, 0.2) is 11.6 Å². The van der Waals surface area contributed by atoms with E-state index in [0.29, 0.717) is 9.88 Å². The zero-order valence-electron chi connectivity index (χ0n) is 9.04. The molecule has 0 aliphatic rings. The molecule has 17 heavy (non-hydrogen) atoms. The Hall–Kier alpha value is -1.53. The van der Waals surface area contributed by atoms with E-state index in [4.69, 9.17) is 10.5 Å². The minimum Gasteiger partial charge on any atom is -0.494 e. The van der Waals surface area contributed by atoms with E-state index in [0.717, 1.165) is 12.1 Å². The van der Waals surface area contributed by atoms with Crippen molar-refractivity contribution in [1.82, 2.24) is 4.98 Å². The standard InChI is InChI=1S/C11H10F2N2OS/c1-16-9-3-7(12)6(2-8(9)13)10-5-15-11(4-14)17-10/h2-3,5H,4,14H2,1H3. The number of benzene rings is 1. The second kappa shape index (κ2) is 4.77. The van der Waals surface area contributed by atoms with Crippen molar-refractivity contribution in [1.29, 1.82) is 0 Å². The van der Waals surface area contributed by atoms with Gasteiger partial charge in [-0.05, 0) is 6.07 Å². The summed E-state index contributed by atoms with van der Waals surface area (Å²) >= 11 is 1.24. The van der Waals surface area contributed by atoms with Crippen LogP contribution in [0.25, 0.3) is 10.4 Å². The lowest BCUT2D eigenvalue weighted by molar-refractivity contribution is 0.383. The Kier molecular flexibility index (Phi) is 3.35. The molecule has 1 aromatic heterocycles. The summed E-state index contributed by atoms with van der Waals surface area (Å²) < 4.78 is 31.9. The van der Waals surface area contributed by atoms with Crippen LogP contribution in [0.5, 0.6) is 5.75 Å². The SMILES string of the molecule is COc1cc(F)c(-c2cnc(CN)s2)cc1F. The van der Waals surface area contributed by atoms with E-state index >= 15 is 0 Å². The van der Waals surface area contributed by atoms with Crippen LogP contribution in [-0.2, 0) is 6.54 Å². The van der Waals surface area contributed by atoms with Crippen molar-refractivity contribution in [3.8, 4) is 16.2 Å². The summed E-state index contributed by atoms with van der Waals surface area (Å²) in [5.41, 5.74) is 5.58. The van der Waals surface area contributed by atoms with Crippen molar-refractivity contribution < 1.29 is 13.5 Å². The maximum atomic E-state index is 13.7. The van der Waals surface area contributed by atoms with Gasteiger partial charge < -0.3 is 10.5 Å². The molecule has 1 heterocycles. The van der Waals surface area contributed by atoms with Gasteiger partial charge in [0.1, 0.15) is 10.8 Å². The predicted octanol–water partition coefficient (Wildman–Crippen LogP) is 2.56. The fraction of sp³-hybridized carbons (Fsp3) is 0.182. The Morgan fingerprint density at radius 2 is 2.12 bits per heavy atom. The van der Waals surface area contributed by atoms with Gasteiger partial charge in [0.25, 0.3) is 0 Å². The zero-order chi connectivity index (χ0) is 12.4. The van der Waals surface area contributed by atoms with E-state index in [9.17, 15) is 8.78 Å². The number of thiazole rings is 1. The van der Waals surface area contributed by atoms with Gasteiger partial charge in [-0.25, -0.2) is 13.8 Å². The first-order chi connectivity index (χ1) is 8.15. The average molecular weight is 256 g/mol. The molecule has 2 aromatic rings. The van der Waals surface area contributed by atoms with E-state index in [1.165, 1.54) is 24.6 Å². The summed E-state index contributed by atoms with van der Waals surface area (Å²) in [6.45, 7) is 0.283. The van der Waals surface area contributed by atoms with Crippen molar-refractivity contribution in [2.45, 2.75) is 6.54 Å². The van der Waals surface area contributed by atoms with Crippen molar-refractivity contribution in [3.63, 3.8) is 0 Å². The number of hydrogen-bond donors (Lipinski definition) is 1. The first-order valence-corrected chi connectivity index (χ1v) is 5.65. The second-order valence-corrected chi connectivity index (χ2v) is 4.40. The Balaban J connectivity index is 2.48. The maximum absolute atomic E-state index is 13.7. The fourth-order valence-corrected chi connectivity index (χ4v) is 2.22. The number of aromatic nitrogens is 1. The topological polar surface area (TPSA) is 48.1 Å². The van der Waals surface area contributed by atoms with Crippen molar-refractivity contribution in [2.75, 3.05) is 7.11 Å². The number of methoxy groups -OCH3 is 1. The van der Waals surface area contributed by atoms with Gasteiger partial charge in [0.05, 0.1) is 12.0 Å². The molecule has 0 saturated carbocycles. The van der Waals surface area contributed by atoms with Crippen molar-refractivity contribution in [3.05, 3.63) is 35.0 Å². The monoisotopic (exact) mass is 256 g/mol. The lowest BCUT2D eigenvalue weighted by Gasteiger charge is -2.05. The smallest absolute Gasteiger partial charge is 0.165 e. The molecule has 0 saturated heterocycles. The van der Waals surface area contributed by atoms with E-state index in [1.807, 2.05) is 0 Å². The number of hydrogen-bond acceptors (Lipinski definition) is 4. The molecule has 1 aromatic carbocycles. The van der Waals surface area contributed by atoms with Gasteiger partial charge in [-0.3, -0.25) is 0 Å². The molecular weight excluding hydrogens is 246 g/mol. The zero-order valence-corrected chi connectivity index (χ0v) is 9.85. The predicted molar refractivity (Wildman–Crippen MR) is 61.9 cm³/mol. The Morgan fingerprint density at radius 1 is 1.35 bits per heavy atom. The highest BCUT2D eigenvalue weighted by Crippen LogP contribution is 2.32. The van der Waals surface area contributed by atoms with Crippen LogP contribution >= 0.6 is 11.3 Å². The molecule has 0 unspecified atom stereocenters. The van der Waals surface area contributed by atoms with E-state index in [-0.39, 0.29) is 17.9 Å². The lowest BCUT2D eigenvalue weighted by atomic mass is 10.1. The lowest BCUT2D eigenvalue weighted by Crippen LogP contribution is -1.93. The molecule has 0 amide bonds. The van der Waals surface area contributed by atoms with Crippen molar-refractivity contribution in [2.24, 2.45) is 5.73 Å². The van der Waals surface area contributed by atoms with Crippen LogP contribution in [0.3, 0.4) is 0 Å². The molecule has 90 valence electrons. The third kappa shape index (κ3) is 2.27. The normalized spacial score (nSPS) is 10.6. The summed E-state index contributed by atoms with van der Waals surface area (Å²) in [6, 6.07) is 2.12. The molecule has 0 spiro atoms. The molecular formula is C11H10F2N2OS. The van der Waals surface area contributed by atoms with Crippen LogP contribution in [-0.4, -0.2) is 12.1 Å². The van der Waals surface area contributed by atoms with Crippen LogP contribution in [0.1, 0.15) is 5.01 Å². The van der Waals surface area contributed by atoms with Crippen LogP contribution in [0.15, 0.2) is 18.3 Å². The summed E-state index contributed by atoms with van der Waals surface area (Å²) in [5.74, 6) is -1.27. The van der Waals surface area contributed by atoms with Crippen LogP contribution in [0.2, 0.25) is 0 Å². The minimum atomic E-state index is -0.605. The largest absolute Gasteiger partial charge is 0.494 e. The Morgan fingerprint density at radius 3 is 2.71 bits per heavy atom. The molecule has 0 bridgehead atoms. The highest BCUT2D eigenvalue weighted by Gasteiger charge is 2.14. The van der Waals surface area contributed by atoms with E-state index in [1.54, 1.807) is 0 Å². The highest BCUT2D eigenvalue weighted by atomic mass is 32.1. The minimum absolute atomic E-state index is 0.116. The first-order valence-electron chi connectivity index (χ1n) is 4.84. The molecule has 2 N–H and O–H groups in total. The van der Waals surface area contributed by atoms with Crippen LogP contribution in [0, 0.1) is 11.6 Å². The number of halogens is 2. The molecule has 0 radical (unpaired) electrons. The third-order valence-electron chi connectivity index (χ3n) is 2.24. The van der Waals surface area contributed by atoms with Gasteiger partial charge >= 0.3 is 0 Å². The molecule has 0 aliphatic heterocycles. The van der Waals surface area contributed by atoms with Gasteiger partial charge in [-0.1, -0.05) is 0 Å². The van der Waals surface area contributed by atoms with Crippen LogP contribution < -0.4 is 10.5 Å². The molecule has 2 rings (SSSR count). The van der Waals surface area contributed by atoms with Gasteiger partial charge in [0.2, 0.25) is 0 Å². The fourth-order valence-electron chi connectivity index (χ4n) is 1.40. The third-order valence-corrected chi connectivity index (χ3v) is 3.29.